The van der Waals surface area contributed by atoms with Crippen molar-refractivity contribution >= 4 is 35.0 Å². The van der Waals surface area contributed by atoms with Gasteiger partial charge in [0.1, 0.15) is 0 Å². The van der Waals surface area contributed by atoms with Crippen LogP contribution in [0.4, 0.5) is 23.7 Å². The van der Waals surface area contributed by atoms with Crippen molar-refractivity contribution in [2.75, 3.05) is 44.2 Å². The lowest BCUT2D eigenvalue weighted by molar-refractivity contribution is -0.173. The number of hydrogen-bond acceptors (Lipinski definition) is 4. The Hall–Kier alpha value is -3.11. The Kier molecular flexibility index (Phi) is 8.74. The summed E-state index contributed by atoms with van der Waals surface area (Å²) in [5.41, 5.74) is 1.53. The average Bonchev–Trinajstić information content (AvgIpc) is 2.85. The summed E-state index contributed by atoms with van der Waals surface area (Å²) in [5.74, 6) is -2.83. The van der Waals surface area contributed by atoms with E-state index in [0.29, 0.717) is 23.8 Å². The summed E-state index contributed by atoms with van der Waals surface area (Å²) in [6.07, 6.45) is -5.05. The maximum Gasteiger partial charge on any atom is 0.471 e. The Morgan fingerprint density at radius 1 is 0.971 bits per heavy atom. The van der Waals surface area contributed by atoms with Crippen LogP contribution in [-0.2, 0) is 11.3 Å². The van der Waals surface area contributed by atoms with Crippen LogP contribution in [0.25, 0.3) is 0 Å². The second-order valence-electron chi connectivity index (χ2n) is 8.07. The molecule has 1 saturated heterocycles. The van der Waals surface area contributed by atoms with Gasteiger partial charge < -0.3 is 15.1 Å². The molecule has 0 aliphatic carbocycles. The number of hydrogen-bond donors (Lipinski definition) is 1. The number of nitrogens with zero attached hydrogens (tertiary/aromatic N) is 3. The van der Waals surface area contributed by atoms with Crippen LogP contribution in [0, 0.1) is 0 Å². The van der Waals surface area contributed by atoms with Crippen LogP contribution in [0.15, 0.2) is 48.5 Å². The molecule has 1 heterocycles. The number of alkyl halides is 3. The van der Waals surface area contributed by atoms with Crippen molar-refractivity contribution in [3.8, 4) is 0 Å². The first-order valence-electron chi connectivity index (χ1n) is 11.1. The van der Waals surface area contributed by atoms with Gasteiger partial charge >= 0.3 is 18.1 Å². The number of nitrogens with one attached hydrogen (secondary N) is 1. The highest BCUT2D eigenvalue weighted by molar-refractivity contribution is 6.30. The highest BCUT2D eigenvalue weighted by atomic mass is 35.5. The van der Waals surface area contributed by atoms with Crippen LogP contribution in [-0.4, -0.2) is 73.0 Å². The number of carbonyl (C=O) groups excluding carboxylic acids is 3. The van der Waals surface area contributed by atoms with Gasteiger partial charge in [0.15, 0.2) is 5.78 Å². The number of halogens is 4. The number of amides is 3. The Labute approximate surface area is 206 Å². The SMILES string of the molecule is CCN1CCN(C(=O)N(Cc2ccc(C(=O)CNC(=O)C(F)(F)F)cc2)c2ccc(Cl)cc2)CC1. The monoisotopic (exact) mass is 510 g/mol. The number of urea groups is 1. The summed E-state index contributed by atoms with van der Waals surface area (Å²) in [6, 6.07) is 12.9. The van der Waals surface area contributed by atoms with E-state index >= 15 is 0 Å². The van der Waals surface area contributed by atoms with Crippen LogP contribution >= 0.6 is 11.6 Å². The molecule has 188 valence electrons. The zero-order valence-corrected chi connectivity index (χ0v) is 19.9. The smallest absolute Gasteiger partial charge is 0.341 e. The third-order valence-electron chi connectivity index (χ3n) is 5.74. The molecule has 35 heavy (non-hydrogen) atoms. The predicted molar refractivity (Wildman–Crippen MR) is 127 cm³/mol. The number of benzene rings is 2. The molecular formula is C24H26ClF3N4O3. The molecule has 1 aliphatic heterocycles. The van der Waals surface area contributed by atoms with Crippen LogP contribution < -0.4 is 10.2 Å². The van der Waals surface area contributed by atoms with Crippen molar-refractivity contribution in [1.82, 2.24) is 15.1 Å². The number of Topliss-reactive ketones (excluding diaryl/α,β-unsaturated/α-hetero) is 1. The van der Waals surface area contributed by atoms with Crippen LogP contribution in [0.1, 0.15) is 22.8 Å². The first-order valence-corrected chi connectivity index (χ1v) is 11.5. The van der Waals surface area contributed by atoms with E-state index in [2.05, 4.69) is 11.8 Å². The number of piperazine rings is 1. The minimum Gasteiger partial charge on any atom is -0.341 e. The Morgan fingerprint density at radius 3 is 2.11 bits per heavy atom. The molecule has 1 fully saturated rings. The highest BCUT2D eigenvalue weighted by Crippen LogP contribution is 2.23. The van der Waals surface area contributed by atoms with E-state index in [0.717, 1.165) is 25.2 Å². The second kappa shape index (κ2) is 11.5. The van der Waals surface area contributed by atoms with Crippen LogP contribution in [0.5, 0.6) is 0 Å². The molecule has 7 nitrogen and oxygen atoms in total. The molecular weight excluding hydrogens is 485 g/mol. The summed E-state index contributed by atoms with van der Waals surface area (Å²) in [7, 11) is 0. The molecule has 0 bridgehead atoms. The second-order valence-corrected chi connectivity index (χ2v) is 8.50. The van der Waals surface area contributed by atoms with E-state index in [9.17, 15) is 27.6 Å². The molecule has 1 aliphatic rings. The van der Waals surface area contributed by atoms with Crippen molar-refractivity contribution in [1.29, 1.82) is 0 Å². The predicted octanol–water partition coefficient (Wildman–Crippen LogP) is 3.97. The average molecular weight is 511 g/mol. The van der Waals surface area contributed by atoms with Crippen molar-refractivity contribution < 1.29 is 27.6 Å². The maximum atomic E-state index is 13.4. The minimum absolute atomic E-state index is 0.149. The van der Waals surface area contributed by atoms with Crippen LogP contribution in [0.2, 0.25) is 5.02 Å². The largest absolute Gasteiger partial charge is 0.471 e. The fourth-order valence-electron chi connectivity index (χ4n) is 3.66. The zero-order valence-electron chi connectivity index (χ0n) is 19.1. The summed E-state index contributed by atoms with van der Waals surface area (Å²) in [4.78, 5) is 42.2. The third kappa shape index (κ3) is 7.19. The quantitative estimate of drug-likeness (QED) is 0.572. The van der Waals surface area contributed by atoms with Gasteiger partial charge in [0.2, 0.25) is 0 Å². The fraction of sp³-hybridized carbons (Fsp3) is 0.375. The van der Waals surface area contributed by atoms with Crippen molar-refractivity contribution in [2.45, 2.75) is 19.6 Å². The Bertz CT molecular complexity index is 1040. The third-order valence-corrected chi connectivity index (χ3v) is 5.99. The van der Waals surface area contributed by atoms with E-state index in [1.165, 1.54) is 12.1 Å². The van der Waals surface area contributed by atoms with Crippen molar-refractivity contribution in [2.24, 2.45) is 0 Å². The van der Waals surface area contributed by atoms with E-state index in [-0.39, 0.29) is 18.1 Å². The van der Waals surface area contributed by atoms with Gasteiger partial charge in [-0.3, -0.25) is 14.5 Å². The molecule has 2 aromatic carbocycles. The molecule has 0 radical (unpaired) electrons. The standard InChI is InChI=1S/C24H26ClF3N4O3/c1-2-30-11-13-31(14-12-30)23(35)32(20-9-7-19(25)8-10-20)16-17-3-5-18(6-4-17)21(33)15-29-22(34)24(26,27)28/h3-10H,2,11-16H2,1H3,(H,29,34). The molecule has 2 aromatic rings. The van der Waals surface area contributed by atoms with E-state index in [1.807, 2.05) is 0 Å². The van der Waals surface area contributed by atoms with Gasteiger partial charge in [0, 0.05) is 42.5 Å². The van der Waals surface area contributed by atoms with Crippen molar-refractivity contribution in [3.05, 3.63) is 64.7 Å². The summed E-state index contributed by atoms with van der Waals surface area (Å²) in [5, 5.41) is 2.11. The molecule has 11 heteroatoms. The first-order chi connectivity index (χ1) is 16.6. The lowest BCUT2D eigenvalue weighted by atomic mass is 10.1. The minimum atomic E-state index is -5.05. The Balaban J connectivity index is 1.71. The summed E-state index contributed by atoms with van der Waals surface area (Å²) in [6.45, 7) is 5.24. The number of anilines is 1. The summed E-state index contributed by atoms with van der Waals surface area (Å²) < 4.78 is 36.9. The molecule has 1 N–H and O–H groups in total. The molecule has 3 amide bonds. The highest BCUT2D eigenvalue weighted by Gasteiger charge is 2.38. The van der Waals surface area contributed by atoms with Gasteiger partial charge in [0.05, 0.1) is 13.1 Å². The van der Waals surface area contributed by atoms with Gasteiger partial charge in [-0.2, -0.15) is 13.2 Å². The molecule has 0 aromatic heterocycles. The van der Waals surface area contributed by atoms with Gasteiger partial charge in [0.25, 0.3) is 0 Å². The molecule has 0 unspecified atom stereocenters. The van der Waals surface area contributed by atoms with Crippen molar-refractivity contribution in [3.63, 3.8) is 0 Å². The lowest BCUT2D eigenvalue weighted by Gasteiger charge is -2.37. The number of likely N-dealkylation sites (N-methyl/N-ethyl adjacent to an activating group) is 1. The zero-order chi connectivity index (χ0) is 25.6. The van der Waals surface area contributed by atoms with Crippen LogP contribution in [0.3, 0.4) is 0 Å². The topological polar surface area (TPSA) is 73.0 Å². The number of ketones is 1. The molecule has 0 spiro atoms. The summed E-state index contributed by atoms with van der Waals surface area (Å²) >= 11 is 6.01. The van der Waals surface area contributed by atoms with E-state index < -0.39 is 24.4 Å². The molecule has 0 atom stereocenters. The van der Waals surface area contributed by atoms with E-state index in [1.54, 1.807) is 51.5 Å². The van der Waals surface area contributed by atoms with Gasteiger partial charge in [-0.1, -0.05) is 42.8 Å². The first kappa shape index (κ1) is 26.5. The molecule has 0 saturated carbocycles. The fourth-order valence-corrected chi connectivity index (χ4v) is 3.78. The maximum absolute atomic E-state index is 13.4. The lowest BCUT2D eigenvalue weighted by Crippen LogP contribution is -2.52. The van der Waals surface area contributed by atoms with Gasteiger partial charge in [-0.15, -0.1) is 0 Å². The van der Waals surface area contributed by atoms with Gasteiger partial charge in [-0.25, -0.2) is 4.79 Å². The van der Waals surface area contributed by atoms with E-state index in [4.69, 9.17) is 11.6 Å². The normalized spacial score (nSPS) is 14.5. The molecule has 3 rings (SSSR count). The number of carbonyl (C=O) groups is 3. The Morgan fingerprint density at radius 2 is 1.57 bits per heavy atom. The van der Waals surface area contributed by atoms with Gasteiger partial charge in [-0.05, 0) is 36.4 Å². The number of rotatable bonds is 7.